The molecule has 2 atom stereocenters. The Kier molecular flexibility index (Phi) is 3.86. The summed E-state index contributed by atoms with van der Waals surface area (Å²) in [5.74, 6) is 0.00540. The van der Waals surface area contributed by atoms with Gasteiger partial charge >= 0.3 is 6.01 Å². The Balaban J connectivity index is 2.15. The summed E-state index contributed by atoms with van der Waals surface area (Å²) in [5.41, 5.74) is 5.37. The van der Waals surface area contributed by atoms with Crippen LogP contribution in [0.15, 0.2) is 6.20 Å². The number of halogens is 1. The van der Waals surface area contributed by atoms with Crippen molar-refractivity contribution in [3.63, 3.8) is 0 Å². The van der Waals surface area contributed by atoms with E-state index >= 15 is 0 Å². The smallest absolute Gasteiger partial charge is 0.318 e. The maximum atomic E-state index is 11.3. The first kappa shape index (κ1) is 12.9. The number of nitrogens with one attached hydrogen (secondary N) is 1. The van der Waals surface area contributed by atoms with Crippen molar-refractivity contribution in [2.24, 2.45) is 11.7 Å². The van der Waals surface area contributed by atoms with Crippen LogP contribution in [0, 0.1) is 5.92 Å². The zero-order valence-electron chi connectivity index (χ0n) is 10.0. The van der Waals surface area contributed by atoms with Gasteiger partial charge < -0.3 is 15.8 Å². The maximum Gasteiger partial charge on any atom is 0.318 e. The standard InChI is InChI=1S/C11H15ClN4O2/c1-18-11-14-5-7(12)10(16-11)15-8-4-2-3-6(8)9(13)17/h5-6,8H,2-4H2,1H3,(H2,13,17)(H,14,15,16)/t6-,8-/m1/s1. The molecule has 0 radical (unpaired) electrons. The molecule has 6 nitrogen and oxygen atoms in total. The molecule has 98 valence electrons. The van der Waals surface area contributed by atoms with Crippen LogP contribution in [-0.4, -0.2) is 29.0 Å². The topological polar surface area (TPSA) is 90.1 Å². The molecule has 1 saturated carbocycles. The van der Waals surface area contributed by atoms with Gasteiger partial charge in [0.2, 0.25) is 5.91 Å². The Morgan fingerprint density at radius 3 is 3.06 bits per heavy atom. The summed E-state index contributed by atoms with van der Waals surface area (Å²) in [6, 6.07) is 0.204. The van der Waals surface area contributed by atoms with Gasteiger partial charge in [-0.2, -0.15) is 4.98 Å². The Morgan fingerprint density at radius 1 is 1.61 bits per heavy atom. The van der Waals surface area contributed by atoms with Gasteiger partial charge in [0, 0.05) is 6.04 Å². The highest BCUT2D eigenvalue weighted by atomic mass is 35.5. The molecule has 0 bridgehead atoms. The van der Waals surface area contributed by atoms with Crippen molar-refractivity contribution in [1.82, 2.24) is 9.97 Å². The summed E-state index contributed by atoms with van der Waals surface area (Å²) in [6.45, 7) is 0. The number of methoxy groups -OCH3 is 1. The van der Waals surface area contributed by atoms with Crippen LogP contribution in [0.2, 0.25) is 5.02 Å². The fraction of sp³-hybridized carbons (Fsp3) is 0.545. The van der Waals surface area contributed by atoms with Crippen LogP contribution in [0.4, 0.5) is 5.82 Å². The Hall–Kier alpha value is -1.56. The first-order valence-corrected chi connectivity index (χ1v) is 6.12. The number of amides is 1. The van der Waals surface area contributed by atoms with Crippen LogP contribution in [0.1, 0.15) is 19.3 Å². The van der Waals surface area contributed by atoms with E-state index in [4.69, 9.17) is 22.1 Å². The molecule has 1 heterocycles. The number of rotatable bonds is 4. The molecule has 0 spiro atoms. The lowest BCUT2D eigenvalue weighted by Crippen LogP contribution is -2.34. The highest BCUT2D eigenvalue weighted by molar-refractivity contribution is 6.32. The summed E-state index contributed by atoms with van der Waals surface area (Å²) in [6.07, 6.45) is 4.10. The first-order chi connectivity index (χ1) is 8.61. The van der Waals surface area contributed by atoms with Crippen molar-refractivity contribution in [1.29, 1.82) is 0 Å². The quantitative estimate of drug-likeness (QED) is 0.858. The molecule has 1 aromatic heterocycles. The fourth-order valence-electron chi connectivity index (χ4n) is 2.20. The van der Waals surface area contributed by atoms with Crippen LogP contribution >= 0.6 is 11.6 Å². The number of aromatic nitrogens is 2. The molecule has 1 aliphatic rings. The fourth-order valence-corrected chi connectivity index (χ4v) is 2.35. The van der Waals surface area contributed by atoms with E-state index in [0.29, 0.717) is 10.8 Å². The number of primary amides is 1. The molecular weight excluding hydrogens is 256 g/mol. The lowest BCUT2D eigenvalue weighted by Gasteiger charge is -2.19. The van der Waals surface area contributed by atoms with Gasteiger partial charge in [0.05, 0.1) is 19.2 Å². The number of nitrogens with two attached hydrogens (primary N) is 1. The lowest BCUT2D eigenvalue weighted by molar-refractivity contribution is -0.121. The van der Waals surface area contributed by atoms with Crippen LogP contribution in [0.25, 0.3) is 0 Å². The number of carbonyl (C=O) groups excluding carboxylic acids is 1. The second kappa shape index (κ2) is 5.39. The van der Waals surface area contributed by atoms with Gasteiger partial charge in [-0.3, -0.25) is 4.79 Å². The second-order valence-corrected chi connectivity index (χ2v) is 4.65. The number of hydrogen-bond acceptors (Lipinski definition) is 5. The van der Waals surface area contributed by atoms with E-state index in [0.717, 1.165) is 19.3 Å². The molecule has 0 aromatic carbocycles. The SMILES string of the molecule is COc1ncc(Cl)c(N[C@@H]2CCC[C@H]2C(N)=O)n1. The Morgan fingerprint density at radius 2 is 2.39 bits per heavy atom. The van der Waals surface area contributed by atoms with E-state index < -0.39 is 0 Å². The van der Waals surface area contributed by atoms with E-state index in [1.165, 1.54) is 13.3 Å². The monoisotopic (exact) mass is 270 g/mol. The van der Waals surface area contributed by atoms with Gasteiger partial charge in [0.15, 0.2) is 5.82 Å². The number of carbonyl (C=O) groups is 1. The molecule has 3 N–H and O–H groups in total. The number of nitrogens with zero attached hydrogens (tertiary/aromatic N) is 2. The Bertz CT molecular complexity index is 455. The predicted molar refractivity (Wildman–Crippen MR) is 67.5 cm³/mol. The van der Waals surface area contributed by atoms with Gasteiger partial charge in [0.25, 0.3) is 0 Å². The third-order valence-electron chi connectivity index (χ3n) is 3.11. The molecule has 7 heteroatoms. The average Bonchev–Trinajstić information content (AvgIpc) is 2.80. The predicted octanol–water partition coefficient (Wildman–Crippen LogP) is 1.20. The van der Waals surface area contributed by atoms with Crippen LogP contribution in [-0.2, 0) is 4.79 Å². The normalized spacial score (nSPS) is 22.8. The lowest BCUT2D eigenvalue weighted by atomic mass is 10.0. The minimum absolute atomic E-state index is 0.0281. The van der Waals surface area contributed by atoms with Crippen molar-refractivity contribution in [2.75, 3.05) is 12.4 Å². The number of ether oxygens (including phenoxy) is 1. The number of anilines is 1. The zero-order valence-corrected chi connectivity index (χ0v) is 10.8. The molecule has 2 rings (SSSR count). The molecule has 0 aliphatic heterocycles. The van der Waals surface area contributed by atoms with E-state index in [1.54, 1.807) is 0 Å². The summed E-state index contributed by atoms with van der Waals surface area (Å²) in [7, 11) is 1.48. The zero-order chi connectivity index (χ0) is 13.1. The Labute approximate surface area is 110 Å². The van der Waals surface area contributed by atoms with Crippen LogP contribution in [0.5, 0.6) is 6.01 Å². The minimum Gasteiger partial charge on any atom is -0.467 e. The third-order valence-corrected chi connectivity index (χ3v) is 3.38. The first-order valence-electron chi connectivity index (χ1n) is 5.74. The highest BCUT2D eigenvalue weighted by Gasteiger charge is 2.32. The molecular formula is C11H15ClN4O2. The second-order valence-electron chi connectivity index (χ2n) is 4.24. The van der Waals surface area contributed by atoms with Crippen LogP contribution < -0.4 is 15.8 Å². The summed E-state index contributed by atoms with van der Waals surface area (Å²) in [4.78, 5) is 19.3. The van der Waals surface area contributed by atoms with Gasteiger partial charge in [-0.25, -0.2) is 4.98 Å². The van der Waals surface area contributed by atoms with Crippen molar-refractivity contribution in [3.05, 3.63) is 11.2 Å². The summed E-state index contributed by atoms with van der Waals surface area (Å²) >= 11 is 6.00. The van der Waals surface area contributed by atoms with E-state index in [2.05, 4.69) is 15.3 Å². The van der Waals surface area contributed by atoms with Crippen molar-refractivity contribution in [2.45, 2.75) is 25.3 Å². The molecule has 18 heavy (non-hydrogen) atoms. The molecule has 1 aromatic rings. The summed E-state index contributed by atoms with van der Waals surface area (Å²) in [5, 5.41) is 3.55. The van der Waals surface area contributed by atoms with Crippen molar-refractivity contribution >= 4 is 23.3 Å². The summed E-state index contributed by atoms with van der Waals surface area (Å²) < 4.78 is 4.94. The minimum atomic E-state index is -0.290. The molecule has 1 amide bonds. The average molecular weight is 271 g/mol. The van der Waals surface area contributed by atoms with Gasteiger partial charge in [-0.05, 0) is 12.8 Å². The molecule has 0 saturated heterocycles. The van der Waals surface area contributed by atoms with E-state index in [9.17, 15) is 4.79 Å². The van der Waals surface area contributed by atoms with Gasteiger partial charge in [0.1, 0.15) is 5.02 Å². The van der Waals surface area contributed by atoms with E-state index in [1.807, 2.05) is 0 Å². The highest BCUT2D eigenvalue weighted by Crippen LogP contribution is 2.30. The molecule has 0 unspecified atom stereocenters. The molecule has 1 fully saturated rings. The van der Waals surface area contributed by atoms with Crippen molar-refractivity contribution < 1.29 is 9.53 Å². The van der Waals surface area contributed by atoms with Crippen LogP contribution in [0.3, 0.4) is 0 Å². The van der Waals surface area contributed by atoms with Gasteiger partial charge in [-0.15, -0.1) is 0 Å². The molecule has 1 aliphatic carbocycles. The maximum absolute atomic E-state index is 11.3. The van der Waals surface area contributed by atoms with E-state index in [-0.39, 0.29) is 23.9 Å². The third kappa shape index (κ3) is 2.64. The van der Waals surface area contributed by atoms with Crippen molar-refractivity contribution in [3.8, 4) is 6.01 Å². The largest absolute Gasteiger partial charge is 0.467 e. The number of hydrogen-bond donors (Lipinski definition) is 2. The van der Waals surface area contributed by atoms with Gasteiger partial charge in [-0.1, -0.05) is 18.0 Å².